The van der Waals surface area contributed by atoms with Gasteiger partial charge in [-0.05, 0) is 61.1 Å². The highest BCUT2D eigenvalue weighted by Crippen LogP contribution is 2.39. The minimum absolute atomic E-state index is 0.0772. The quantitative estimate of drug-likeness (QED) is 0.370. The van der Waals surface area contributed by atoms with E-state index in [1.807, 2.05) is 50.2 Å². The van der Waals surface area contributed by atoms with Gasteiger partial charge in [0.15, 0.2) is 4.90 Å². The molecule has 0 unspecified atom stereocenters. The van der Waals surface area contributed by atoms with Crippen molar-refractivity contribution in [1.29, 1.82) is 0 Å². The Morgan fingerprint density at radius 3 is 2.54 bits per heavy atom. The molecule has 8 heteroatoms. The van der Waals surface area contributed by atoms with Gasteiger partial charge in [-0.3, -0.25) is 14.3 Å². The minimum Gasteiger partial charge on any atom is -0.493 e. The average molecular weight is 516 g/mol. The average Bonchev–Trinajstić information content (AvgIpc) is 3.31. The summed E-state index contributed by atoms with van der Waals surface area (Å²) in [7, 11) is -4.34. The molecule has 5 rings (SSSR count). The maximum absolute atomic E-state index is 13.7. The molecule has 2 heterocycles. The van der Waals surface area contributed by atoms with E-state index < -0.39 is 26.2 Å². The third-order valence-corrected chi connectivity index (χ3v) is 8.84. The van der Waals surface area contributed by atoms with Gasteiger partial charge in [-0.1, -0.05) is 55.8 Å². The number of fused-ring (bicyclic) bond motifs is 1. The molecule has 2 aromatic carbocycles. The fraction of sp³-hybridized carbons (Fsp3) is 0.276. The number of unbranched alkanes of at least 4 members (excludes halogenated alkanes) is 1. The number of benzene rings is 2. The summed E-state index contributed by atoms with van der Waals surface area (Å²) in [5.41, 5.74) is 3.75. The maximum Gasteiger partial charge on any atom is 0.296 e. The number of nitrogens with zero attached hydrogens (tertiary/aromatic N) is 3. The normalized spacial score (nSPS) is 15.0. The maximum atomic E-state index is 13.7. The molecule has 0 aliphatic heterocycles. The van der Waals surface area contributed by atoms with Crippen LogP contribution in [0.1, 0.15) is 54.9 Å². The molecule has 4 aromatic rings. The molecular weight excluding hydrogens is 486 g/mol. The molecule has 0 saturated heterocycles. The van der Waals surface area contributed by atoms with Gasteiger partial charge in [0.1, 0.15) is 5.82 Å². The summed E-state index contributed by atoms with van der Waals surface area (Å²) in [5.74, 6) is -0.132. The zero-order valence-corrected chi connectivity index (χ0v) is 21.7. The van der Waals surface area contributed by atoms with E-state index in [-0.39, 0.29) is 10.9 Å². The van der Waals surface area contributed by atoms with Crippen molar-refractivity contribution >= 4 is 9.84 Å². The van der Waals surface area contributed by atoms with Gasteiger partial charge in [-0.2, -0.15) is 4.98 Å². The third kappa shape index (κ3) is 4.46. The van der Waals surface area contributed by atoms with E-state index in [1.165, 1.54) is 12.1 Å². The Kier molecular flexibility index (Phi) is 6.69. The molecule has 190 valence electrons. The number of pyridine rings is 1. The van der Waals surface area contributed by atoms with Crippen LogP contribution < -0.4 is 5.56 Å². The van der Waals surface area contributed by atoms with E-state index in [0.29, 0.717) is 18.7 Å². The SMILES string of the molecule is CCCCc1nc(=O)c(S(=O)(=O)c2ccc(-c3cccnc3C)cc2)c(O)n1[C@H]1CCc2ccccc21. The van der Waals surface area contributed by atoms with Gasteiger partial charge >= 0.3 is 0 Å². The van der Waals surface area contributed by atoms with E-state index >= 15 is 0 Å². The van der Waals surface area contributed by atoms with Crippen molar-refractivity contribution in [3.8, 4) is 17.0 Å². The Balaban J connectivity index is 1.63. The van der Waals surface area contributed by atoms with E-state index in [4.69, 9.17) is 0 Å². The molecule has 1 atom stereocenters. The van der Waals surface area contributed by atoms with Crippen LogP contribution in [0.5, 0.6) is 5.88 Å². The molecule has 37 heavy (non-hydrogen) atoms. The molecule has 0 fully saturated rings. The van der Waals surface area contributed by atoms with E-state index in [2.05, 4.69) is 9.97 Å². The third-order valence-electron chi connectivity index (χ3n) is 7.05. The highest BCUT2D eigenvalue weighted by molar-refractivity contribution is 7.91. The first-order valence-corrected chi connectivity index (χ1v) is 14.0. The zero-order chi connectivity index (χ0) is 26.2. The van der Waals surface area contributed by atoms with E-state index in [1.54, 1.807) is 22.9 Å². The van der Waals surface area contributed by atoms with Crippen molar-refractivity contribution in [2.75, 3.05) is 0 Å². The van der Waals surface area contributed by atoms with Crippen molar-refractivity contribution in [1.82, 2.24) is 14.5 Å². The van der Waals surface area contributed by atoms with Gasteiger partial charge < -0.3 is 5.11 Å². The minimum atomic E-state index is -4.34. The Morgan fingerprint density at radius 1 is 1.05 bits per heavy atom. The Labute approximate surface area is 216 Å². The van der Waals surface area contributed by atoms with Gasteiger partial charge in [0.05, 0.1) is 10.9 Å². The fourth-order valence-corrected chi connectivity index (χ4v) is 6.49. The highest BCUT2D eigenvalue weighted by atomic mass is 32.2. The van der Waals surface area contributed by atoms with Gasteiger partial charge in [0.2, 0.25) is 15.7 Å². The predicted octanol–water partition coefficient (Wildman–Crippen LogP) is 5.03. The first kappa shape index (κ1) is 24.9. The lowest BCUT2D eigenvalue weighted by Gasteiger charge is -2.23. The lowest BCUT2D eigenvalue weighted by Crippen LogP contribution is -2.27. The molecule has 1 aliphatic rings. The highest BCUT2D eigenvalue weighted by Gasteiger charge is 2.34. The number of aryl methyl sites for hydroxylation is 3. The van der Waals surface area contributed by atoms with Crippen LogP contribution in [0.2, 0.25) is 0 Å². The Morgan fingerprint density at radius 2 is 1.81 bits per heavy atom. The molecule has 0 radical (unpaired) electrons. The second-order valence-electron chi connectivity index (χ2n) is 9.38. The molecule has 0 bridgehead atoms. The first-order valence-electron chi connectivity index (χ1n) is 12.5. The summed E-state index contributed by atoms with van der Waals surface area (Å²) in [5, 5.41) is 11.4. The smallest absolute Gasteiger partial charge is 0.296 e. The van der Waals surface area contributed by atoms with E-state index in [9.17, 15) is 18.3 Å². The van der Waals surface area contributed by atoms with Crippen LogP contribution >= 0.6 is 0 Å². The van der Waals surface area contributed by atoms with Crippen LogP contribution in [0.15, 0.2) is 81.4 Å². The molecule has 1 aliphatic carbocycles. The topological polar surface area (TPSA) is 102 Å². The summed E-state index contributed by atoms with van der Waals surface area (Å²) in [6, 6.07) is 17.6. The molecular formula is C29H29N3O4S. The number of sulfone groups is 1. The Hall–Kier alpha value is -3.78. The second-order valence-corrected chi connectivity index (χ2v) is 11.3. The largest absolute Gasteiger partial charge is 0.493 e. The predicted molar refractivity (Wildman–Crippen MR) is 142 cm³/mol. The van der Waals surface area contributed by atoms with Gasteiger partial charge in [-0.25, -0.2) is 8.42 Å². The number of aromatic hydroxyl groups is 1. The van der Waals surface area contributed by atoms with Crippen molar-refractivity contribution in [2.45, 2.75) is 61.8 Å². The lowest BCUT2D eigenvalue weighted by molar-refractivity contribution is 0.361. The van der Waals surface area contributed by atoms with Crippen molar-refractivity contribution in [3.05, 3.63) is 99.9 Å². The van der Waals surface area contributed by atoms with E-state index in [0.717, 1.165) is 47.2 Å². The number of rotatable bonds is 7. The van der Waals surface area contributed by atoms with Crippen molar-refractivity contribution in [3.63, 3.8) is 0 Å². The summed E-state index contributed by atoms with van der Waals surface area (Å²) in [6.07, 6.45) is 5.30. The number of aromatic nitrogens is 3. The summed E-state index contributed by atoms with van der Waals surface area (Å²) < 4.78 is 29.0. The molecule has 1 N–H and O–H groups in total. The monoisotopic (exact) mass is 515 g/mol. The molecule has 0 spiro atoms. The summed E-state index contributed by atoms with van der Waals surface area (Å²) >= 11 is 0. The fourth-order valence-electron chi connectivity index (χ4n) is 5.15. The van der Waals surface area contributed by atoms with Gasteiger partial charge in [0, 0.05) is 23.9 Å². The molecule has 2 aromatic heterocycles. The van der Waals surface area contributed by atoms with Crippen LogP contribution in [0.4, 0.5) is 0 Å². The summed E-state index contributed by atoms with van der Waals surface area (Å²) in [6.45, 7) is 3.91. The summed E-state index contributed by atoms with van der Waals surface area (Å²) in [4.78, 5) is 20.9. The van der Waals surface area contributed by atoms with Gasteiger partial charge in [-0.15, -0.1) is 0 Å². The van der Waals surface area contributed by atoms with Crippen LogP contribution in [-0.4, -0.2) is 28.1 Å². The van der Waals surface area contributed by atoms with Crippen molar-refractivity contribution in [2.24, 2.45) is 0 Å². The molecule has 0 saturated carbocycles. The number of hydrogen-bond acceptors (Lipinski definition) is 6. The van der Waals surface area contributed by atoms with Crippen LogP contribution in [0, 0.1) is 6.92 Å². The van der Waals surface area contributed by atoms with Crippen molar-refractivity contribution < 1.29 is 13.5 Å². The standard InChI is InChI=1S/C29H29N3O4S/c1-3-4-11-26-31-28(33)27(29(34)32(26)25-17-14-20-8-5-6-9-24(20)25)37(35,36)22-15-12-21(13-16-22)23-10-7-18-30-19(23)2/h5-10,12-13,15-16,18,25,34H,3-4,11,14,17H2,1-2H3/t25-/m0/s1. The van der Waals surface area contributed by atoms with Crippen LogP contribution in [0.3, 0.4) is 0 Å². The number of hydrogen-bond donors (Lipinski definition) is 1. The zero-order valence-electron chi connectivity index (χ0n) is 20.9. The van der Waals surface area contributed by atoms with Crippen LogP contribution in [0.25, 0.3) is 11.1 Å². The van der Waals surface area contributed by atoms with Gasteiger partial charge in [0.25, 0.3) is 5.56 Å². The Bertz CT molecular complexity index is 1630. The molecule has 0 amide bonds. The van der Waals surface area contributed by atoms with Crippen LogP contribution in [-0.2, 0) is 22.7 Å². The second kappa shape index (κ2) is 9.94. The molecule has 7 nitrogen and oxygen atoms in total. The first-order chi connectivity index (χ1) is 17.8. The lowest BCUT2D eigenvalue weighted by atomic mass is 10.1.